The molecular weight excluding hydrogens is 170 g/mol. The third-order valence-corrected chi connectivity index (χ3v) is 4.19. The molecule has 12 heavy (non-hydrogen) atoms. The van der Waals surface area contributed by atoms with Crippen molar-refractivity contribution in [2.75, 3.05) is 6.54 Å². The van der Waals surface area contributed by atoms with Gasteiger partial charge in [-0.1, -0.05) is 6.92 Å². The summed E-state index contributed by atoms with van der Waals surface area (Å²) >= 11 is 0. The number of nitrogens with one attached hydrogen (secondary N) is 1. The average molecular weight is 190 g/mol. The van der Waals surface area contributed by atoms with E-state index >= 15 is 0 Å². The van der Waals surface area contributed by atoms with E-state index in [4.69, 9.17) is 0 Å². The zero-order valence-electron chi connectivity index (χ0n) is 8.31. The van der Waals surface area contributed by atoms with E-state index in [0.717, 1.165) is 5.92 Å². The molecule has 0 spiro atoms. The Morgan fingerprint density at radius 2 is 1.92 bits per heavy atom. The van der Waals surface area contributed by atoms with Crippen LogP contribution in [-0.4, -0.2) is 12.1 Å². The van der Waals surface area contributed by atoms with Gasteiger partial charge in [0.1, 0.15) is 0 Å². The fourth-order valence-corrected chi connectivity index (χ4v) is 2.72. The van der Waals surface area contributed by atoms with Crippen LogP contribution in [0, 0.1) is 11.3 Å². The molecule has 2 rings (SSSR count). The molecule has 1 aliphatic heterocycles. The van der Waals surface area contributed by atoms with E-state index in [0.29, 0.717) is 11.0 Å². The van der Waals surface area contributed by atoms with Gasteiger partial charge in [0.2, 0.25) is 0 Å². The van der Waals surface area contributed by atoms with Crippen LogP contribution >= 0.6 is 12.4 Å². The molecule has 0 aromatic carbocycles. The lowest BCUT2D eigenvalue weighted by molar-refractivity contribution is 0.102. The molecule has 2 atom stereocenters. The lowest BCUT2D eigenvalue weighted by atomic mass is 9.69. The SMILES string of the molecule is CC12CCC(CNC1(C)C)C2.Cl. The lowest BCUT2D eigenvalue weighted by Crippen LogP contribution is -2.55. The van der Waals surface area contributed by atoms with E-state index in [1.54, 1.807) is 0 Å². The Bertz CT molecular complexity index is 179. The zero-order valence-corrected chi connectivity index (χ0v) is 9.13. The normalized spacial score (nSPS) is 43.8. The number of halogens is 1. The van der Waals surface area contributed by atoms with Crippen LogP contribution in [0.15, 0.2) is 0 Å². The molecule has 0 aromatic heterocycles. The van der Waals surface area contributed by atoms with Gasteiger partial charge in [-0.3, -0.25) is 0 Å². The van der Waals surface area contributed by atoms with Gasteiger partial charge in [-0.2, -0.15) is 0 Å². The van der Waals surface area contributed by atoms with Crippen molar-refractivity contribution in [3.05, 3.63) is 0 Å². The van der Waals surface area contributed by atoms with Crippen LogP contribution in [0.5, 0.6) is 0 Å². The van der Waals surface area contributed by atoms with Crippen LogP contribution in [-0.2, 0) is 0 Å². The van der Waals surface area contributed by atoms with Crippen LogP contribution < -0.4 is 5.32 Å². The van der Waals surface area contributed by atoms with Gasteiger partial charge in [0.05, 0.1) is 0 Å². The third kappa shape index (κ3) is 1.27. The van der Waals surface area contributed by atoms with Gasteiger partial charge in [-0.05, 0) is 51.0 Å². The maximum Gasteiger partial charge on any atom is 0.0178 e. The predicted octanol–water partition coefficient (Wildman–Crippen LogP) is 2.60. The molecule has 1 nitrogen and oxygen atoms in total. The van der Waals surface area contributed by atoms with E-state index < -0.39 is 0 Å². The zero-order chi connectivity index (χ0) is 8.11. The van der Waals surface area contributed by atoms with Crippen molar-refractivity contribution in [2.24, 2.45) is 11.3 Å². The Morgan fingerprint density at radius 1 is 1.25 bits per heavy atom. The number of hydrogen-bond donors (Lipinski definition) is 1. The highest BCUT2D eigenvalue weighted by Crippen LogP contribution is 2.51. The first-order valence-corrected chi connectivity index (χ1v) is 4.79. The second kappa shape index (κ2) is 2.88. The summed E-state index contributed by atoms with van der Waals surface area (Å²) in [6.45, 7) is 8.41. The number of piperidine rings is 1. The molecule has 1 N–H and O–H groups in total. The summed E-state index contributed by atoms with van der Waals surface area (Å²) in [4.78, 5) is 0. The number of rotatable bonds is 0. The monoisotopic (exact) mass is 189 g/mol. The van der Waals surface area contributed by atoms with Crippen LogP contribution in [0.2, 0.25) is 0 Å². The molecular formula is C10H20ClN. The lowest BCUT2D eigenvalue weighted by Gasteiger charge is -2.46. The van der Waals surface area contributed by atoms with E-state index in [-0.39, 0.29) is 12.4 Å². The summed E-state index contributed by atoms with van der Waals surface area (Å²) in [7, 11) is 0. The molecule has 1 saturated carbocycles. The Hall–Kier alpha value is 0.250. The summed E-state index contributed by atoms with van der Waals surface area (Å²) in [6, 6.07) is 0. The van der Waals surface area contributed by atoms with Crippen molar-refractivity contribution < 1.29 is 0 Å². The molecule has 1 aliphatic carbocycles. The minimum absolute atomic E-state index is 0. The van der Waals surface area contributed by atoms with Gasteiger partial charge in [0.15, 0.2) is 0 Å². The van der Waals surface area contributed by atoms with Crippen LogP contribution in [0.3, 0.4) is 0 Å². The molecule has 2 aliphatic rings. The minimum atomic E-state index is 0. The fourth-order valence-electron chi connectivity index (χ4n) is 2.72. The van der Waals surface area contributed by atoms with Crippen LogP contribution in [0.1, 0.15) is 40.0 Å². The number of fused-ring (bicyclic) bond motifs is 2. The topological polar surface area (TPSA) is 12.0 Å². The van der Waals surface area contributed by atoms with Crippen molar-refractivity contribution in [2.45, 2.75) is 45.6 Å². The van der Waals surface area contributed by atoms with Gasteiger partial charge >= 0.3 is 0 Å². The quantitative estimate of drug-likeness (QED) is 0.618. The standard InChI is InChI=1S/C10H19N.ClH/c1-9(2)10(3)5-4-8(6-10)7-11-9;/h8,11H,4-7H2,1-3H3;1H. The molecule has 2 bridgehead atoms. The first kappa shape index (κ1) is 10.3. The van der Waals surface area contributed by atoms with E-state index in [1.165, 1.54) is 25.8 Å². The molecule has 2 heteroatoms. The molecule has 1 saturated heterocycles. The second-order valence-corrected chi connectivity index (χ2v) is 5.18. The van der Waals surface area contributed by atoms with Gasteiger partial charge in [0.25, 0.3) is 0 Å². The van der Waals surface area contributed by atoms with Crippen molar-refractivity contribution in [3.8, 4) is 0 Å². The van der Waals surface area contributed by atoms with E-state index in [1.807, 2.05) is 0 Å². The maximum atomic E-state index is 3.66. The Labute approximate surface area is 81.7 Å². The Kier molecular flexibility index (Phi) is 2.48. The number of hydrogen-bond acceptors (Lipinski definition) is 1. The van der Waals surface area contributed by atoms with Crippen LogP contribution in [0.25, 0.3) is 0 Å². The molecule has 0 aromatic rings. The largest absolute Gasteiger partial charge is 0.311 e. The average Bonchev–Trinajstić information content (AvgIpc) is 2.25. The molecule has 2 fully saturated rings. The van der Waals surface area contributed by atoms with E-state index in [9.17, 15) is 0 Å². The van der Waals surface area contributed by atoms with Gasteiger partial charge < -0.3 is 5.32 Å². The second-order valence-electron chi connectivity index (χ2n) is 5.18. The van der Waals surface area contributed by atoms with Gasteiger partial charge in [0, 0.05) is 5.54 Å². The van der Waals surface area contributed by atoms with Gasteiger partial charge in [-0.25, -0.2) is 0 Å². The van der Waals surface area contributed by atoms with Crippen molar-refractivity contribution in [1.82, 2.24) is 5.32 Å². The summed E-state index contributed by atoms with van der Waals surface area (Å²) in [5.41, 5.74) is 0.954. The Balaban J connectivity index is 0.000000720. The predicted molar refractivity (Wildman–Crippen MR) is 54.8 cm³/mol. The fraction of sp³-hybridized carbons (Fsp3) is 1.00. The highest BCUT2D eigenvalue weighted by molar-refractivity contribution is 5.85. The van der Waals surface area contributed by atoms with Crippen molar-refractivity contribution in [3.63, 3.8) is 0 Å². The summed E-state index contributed by atoms with van der Waals surface area (Å²) in [5, 5.41) is 3.66. The highest BCUT2D eigenvalue weighted by Gasteiger charge is 2.49. The molecule has 0 amide bonds. The smallest absolute Gasteiger partial charge is 0.0178 e. The van der Waals surface area contributed by atoms with Crippen LogP contribution in [0.4, 0.5) is 0 Å². The highest BCUT2D eigenvalue weighted by atomic mass is 35.5. The summed E-state index contributed by atoms with van der Waals surface area (Å²) in [6.07, 6.45) is 4.33. The maximum absolute atomic E-state index is 3.66. The van der Waals surface area contributed by atoms with Crippen molar-refractivity contribution >= 4 is 12.4 Å². The molecule has 0 radical (unpaired) electrons. The van der Waals surface area contributed by atoms with Gasteiger partial charge in [-0.15, -0.1) is 12.4 Å². The summed E-state index contributed by atoms with van der Waals surface area (Å²) in [5.74, 6) is 0.980. The molecule has 1 heterocycles. The first-order chi connectivity index (χ1) is 5.04. The first-order valence-electron chi connectivity index (χ1n) is 4.79. The van der Waals surface area contributed by atoms with E-state index in [2.05, 4.69) is 26.1 Å². The van der Waals surface area contributed by atoms with Crippen molar-refractivity contribution in [1.29, 1.82) is 0 Å². The molecule has 2 unspecified atom stereocenters. The summed E-state index contributed by atoms with van der Waals surface area (Å²) < 4.78 is 0. The molecule has 72 valence electrons. The Morgan fingerprint density at radius 3 is 2.50 bits per heavy atom. The third-order valence-electron chi connectivity index (χ3n) is 4.19. The minimum Gasteiger partial charge on any atom is -0.311 e.